The minimum absolute atomic E-state index is 0.0489. The molecule has 4 heteroatoms. The minimum Gasteiger partial charge on any atom is -0.497 e. The van der Waals surface area contributed by atoms with Crippen molar-refractivity contribution in [1.29, 1.82) is 0 Å². The Hall–Kier alpha value is -1.81. The minimum atomic E-state index is -0.0489. The van der Waals surface area contributed by atoms with Crippen LogP contribution in [0.4, 0.5) is 0 Å². The second kappa shape index (κ2) is 6.09. The average molecular weight is 335 g/mol. The molecule has 0 fully saturated rings. The highest BCUT2D eigenvalue weighted by atomic mass is 79.9. The maximum absolute atomic E-state index is 12.6. The highest BCUT2D eigenvalue weighted by Crippen LogP contribution is 2.26. The number of ether oxygens (including phenoxy) is 2. The van der Waals surface area contributed by atoms with E-state index < -0.39 is 0 Å². The summed E-state index contributed by atoms with van der Waals surface area (Å²) in [6.07, 6.45) is 0. The monoisotopic (exact) mass is 334 g/mol. The van der Waals surface area contributed by atoms with Crippen molar-refractivity contribution in [3.8, 4) is 11.5 Å². The van der Waals surface area contributed by atoms with Crippen molar-refractivity contribution in [1.82, 2.24) is 0 Å². The molecule has 0 unspecified atom stereocenters. The van der Waals surface area contributed by atoms with Crippen LogP contribution in [0.25, 0.3) is 0 Å². The van der Waals surface area contributed by atoms with Gasteiger partial charge in [-0.15, -0.1) is 0 Å². The van der Waals surface area contributed by atoms with Gasteiger partial charge in [0.25, 0.3) is 0 Å². The summed E-state index contributed by atoms with van der Waals surface area (Å²) in [6, 6.07) is 10.8. The van der Waals surface area contributed by atoms with E-state index in [4.69, 9.17) is 9.47 Å². The predicted octanol–water partition coefficient (Wildman–Crippen LogP) is 4.01. The Morgan fingerprint density at radius 2 is 1.60 bits per heavy atom. The van der Waals surface area contributed by atoms with Crippen LogP contribution < -0.4 is 9.47 Å². The van der Waals surface area contributed by atoms with Gasteiger partial charge in [0.2, 0.25) is 0 Å². The highest BCUT2D eigenvalue weighted by molar-refractivity contribution is 9.10. The van der Waals surface area contributed by atoms with Crippen molar-refractivity contribution in [2.45, 2.75) is 6.92 Å². The number of ketones is 1. The molecule has 0 saturated heterocycles. The van der Waals surface area contributed by atoms with Crippen molar-refractivity contribution < 1.29 is 14.3 Å². The second-order valence-corrected chi connectivity index (χ2v) is 5.31. The summed E-state index contributed by atoms with van der Waals surface area (Å²) in [7, 11) is 3.13. The van der Waals surface area contributed by atoms with Gasteiger partial charge in [-0.2, -0.15) is 0 Å². The van der Waals surface area contributed by atoms with Crippen LogP contribution in [-0.2, 0) is 0 Å². The lowest BCUT2D eigenvalue weighted by molar-refractivity contribution is 0.103. The van der Waals surface area contributed by atoms with Gasteiger partial charge in [-0.05, 0) is 42.8 Å². The topological polar surface area (TPSA) is 35.5 Å². The molecule has 0 saturated carbocycles. The van der Waals surface area contributed by atoms with Gasteiger partial charge in [-0.1, -0.05) is 15.9 Å². The van der Waals surface area contributed by atoms with E-state index in [2.05, 4.69) is 15.9 Å². The Labute approximate surface area is 126 Å². The van der Waals surface area contributed by atoms with Crippen molar-refractivity contribution in [3.63, 3.8) is 0 Å². The third kappa shape index (κ3) is 3.02. The molecule has 2 aromatic rings. The van der Waals surface area contributed by atoms with Crippen molar-refractivity contribution in [3.05, 3.63) is 57.6 Å². The summed E-state index contributed by atoms with van der Waals surface area (Å²) in [5, 5.41) is 0. The molecule has 104 valence electrons. The predicted molar refractivity (Wildman–Crippen MR) is 81.9 cm³/mol. The van der Waals surface area contributed by atoms with Crippen LogP contribution in [0.5, 0.6) is 11.5 Å². The van der Waals surface area contributed by atoms with Gasteiger partial charge in [0, 0.05) is 21.7 Å². The first-order valence-electron chi connectivity index (χ1n) is 6.09. The molecule has 0 spiro atoms. The third-order valence-corrected chi connectivity index (χ3v) is 3.54. The third-order valence-electron chi connectivity index (χ3n) is 3.05. The van der Waals surface area contributed by atoms with Gasteiger partial charge in [-0.25, -0.2) is 0 Å². The Kier molecular flexibility index (Phi) is 4.45. The molecule has 0 aromatic heterocycles. The summed E-state index contributed by atoms with van der Waals surface area (Å²) in [5.41, 5.74) is 2.14. The SMILES string of the molecule is COc1cc(OC)cc(C(=O)c2ccc(Br)cc2C)c1. The first-order valence-corrected chi connectivity index (χ1v) is 6.88. The number of methoxy groups -OCH3 is 2. The lowest BCUT2D eigenvalue weighted by atomic mass is 9.99. The number of aryl methyl sites for hydroxylation is 1. The van der Waals surface area contributed by atoms with E-state index in [1.165, 1.54) is 0 Å². The van der Waals surface area contributed by atoms with Crippen LogP contribution in [0, 0.1) is 6.92 Å². The Bertz CT molecular complexity index is 628. The van der Waals surface area contributed by atoms with E-state index in [-0.39, 0.29) is 5.78 Å². The number of carbonyl (C=O) groups excluding carboxylic acids is 1. The highest BCUT2D eigenvalue weighted by Gasteiger charge is 2.14. The van der Waals surface area contributed by atoms with E-state index in [0.717, 1.165) is 10.0 Å². The van der Waals surface area contributed by atoms with E-state index in [1.54, 1.807) is 32.4 Å². The first-order chi connectivity index (χ1) is 9.55. The first kappa shape index (κ1) is 14.6. The largest absolute Gasteiger partial charge is 0.497 e. The van der Waals surface area contributed by atoms with Crippen LogP contribution in [0.2, 0.25) is 0 Å². The summed E-state index contributed by atoms with van der Waals surface area (Å²) in [5.74, 6) is 1.15. The van der Waals surface area contributed by atoms with Gasteiger partial charge in [0.15, 0.2) is 5.78 Å². The van der Waals surface area contributed by atoms with E-state index in [1.807, 2.05) is 25.1 Å². The van der Waals surface area contributed by atoms with Crippen LogP contribution in [0.15, 0.2) is 40.9 Å². The molecule has 0 heterocycles. The van der Waals surface area contributed by atoms with Crippen LogP contribution in [0.3, 0.4) is 0 Å². The molecule has 0 aliphatic rings. The van der Waals surface area contributed by atoms with Crippen molar-refractivity contribution in [2.24, 2.45) is 0 Å². The molecule has 0 radical (unpaired) electrons. The summed E-state index contributed by atoms with van der Waals surface area (Å²) >= 11 is 3.40. The van der Waals surface area contributed by atoms with E-state index >= 15 is 0 Å². The Morgan fingerprint density at radius 1 is 1.00 bits per heavy atom. The molecule has 0 bridgehead atoms. The average Bonchev–Trinajstić information content (AvgIpc) is 2.46. The standard InChI is InChI=1S/C16H15BrO3/c1-10-6-12(17)4-5-15(10)16(18)11-7-13(19-2)9-14(8-11)20-3/h4-9H,1-3H3. The quantitative estimate of drug-likeness (QED) is 0.792. The maximum Gasteiger partial charge on any atom is 0.193 e. The van der Waals surface area contributed by atoms with Gasteiger partial charge < -0.3 is 9.47 Å². The van der Waals surface area contributed by atoms with E-state index in [9.17, 15) is 4.79 Å². The normalized spacial score (nSPS) is 10.2. The zero-order chi connectivity index (χ0) is 14.7. The fourth-order valence-corrected chi connectivity index (χ4v) is 2.45. The van der Waals surface area contributed by atoms with Crippen LogP contribution in [-0.4, -0.2) is 20.0 Å². The number of benzene rings is 2. The van der Waals surface area contributed by atoms with Crippen molar-refractivity contribution >= 4 is 21.7 Å². The summed E-state index contributed by atoms with van der Waals surface area (Å²) in [4.78, 5) is 12.6. The molecular formula is C16H15BrO3. The fraction of sp³-hybridized carbons (Fsp3) is 0.188. The van der Waals surface area contributed by atoms with Crippen LogP contribution >= 0.6 is 15.9 Å². The Balaban J connectivity index is 2.47. The molecule has 0 amide bonds. The second-order valence-electron chi connectivity index (χ2n) is 4.39. The lowest BCUT2D eigenvalue weighted by Gasteiger charge is -2.09. The van der Waals surface area contributed by atoms with Gasteiger partial charge in [-0.3, -0.25) is 4.79 Å². The molecular weight excluding hydrogens is 320 g/mol. The molecule has 20 heavy (non-hydrogen) atoms. The molecule has 3 nitrogen and oxygen atoms in total. The summed E-state index contributed by atoms with van der Waals surface area (Å²) < 4.78 is 11.3. The number of rotatable bonds is 4. The molecule has 2 rings (SSSR count). The van der Waals surface area contributed by atoms with Gasteiger partial charge in [0.1, 0.15) is 11.5 Å². The van der Waals surface area contributed by atoms with Gasteiger partial charge in [0.05, 0.1) is 14.2 Å². The Morgan fingerprint density at radius 3 is 2.10 bits per heavy atom. The zero-order valence-electron chi connectivity index (χ0n) is 11.6. The maximum atomic E-state index is 12.6. The van der Waals surface area contributed by atoms with E-state index in [0.29, 0.717) is 22.6 Å². The fourth-order valence-electron chi connectivity index (χ4n) is 1.98. The molecule has 0 aliphatic heterocycles. The smallest absolute Gasteiger partial charge is 0.193 e. The number of hydrogen-bond acceptors (Lipinski definition) is 3. The lowest BCUT2D eigenvalue weighted by Crippen LogP contribution is -2.04. The van der Waals surface area contributed by atoms with Gasteiger partial charge >= 0.3 is 0 Å². The molecule has 0 atom stereocenters. The van der Waals surface area contributed by atoms with Crippen LogP contribution in [0.1, 0.15) is 21.5 Å². The van der Waals surface area contributed by atoms with Crippen molar-refractivity contribution in [2.75, 3.05) is 14.2 Å². The number of carbonyl (C=O) groups is 1. The molecule has 0 aliphatic carbocycles. The number of halogens is 1. The molecule has 2 aromatic carbocycles. The zero-order valence-corrected chi connectivity index (χ0v) is 13.2. The number of hydrogen-bond donors (Lipinski definition) is 0. The molecule has 0 N–H and O–H groups in total. The summed E-state index contributed by atoms with van der Waals surface area (Å²) in [6.45, 7) is 1.91.